The van der Waals surface area contributed by atoms with Gasteiger partial charge in [0.1, 0.15) is 0 Å². The maximum absolute atomic E-state index is 10.5. The molecule has 0 saturated heterocycles. The number of guanidine groups is 1. The highest BCUT2D eigenvalue weighted by molar-refractivity contribution is 5.78. The zero-order chi connectivity index (χ0) is 13.6. The Balaban J connectivity index is 1.78. The molecule has 0 radical (unpaired) electrons. The van der Waals surface area contributed by atoms with Crippen molar-refractivity contribution in [3.63, 3.8) is 0 Å². The van der Waals surface area contributed by atoms with Crippen LogP contribution in [0.2, 0.25) is 0 Å². The minimum absolute atomic E-state index is 0.457. The van der Waals surface area contributed by atoms with E-state index in [0.717, 1.165) is 25.7 Å². The summed E-state index contributed by atoms with van der Waals surface area (Å²) in [4.78, 5) is 4.39. The number of aliphatic hydroxyl groups is 1. The number of aliphatic imine (C=N–C) groups is 1. The van der Waals surface area contributed by atoms with E-state index in [0.29, 0.717) is 18.5 Å². The minimum atomic E-state index is -0.616. The summed E-state index contributed by atoms with van der Waals surface area (Å²) < 4.78 is 0. The molecule has 2 aliphatic carbocycles. The van der Waals surface area contributed by atoms with Crippen molar-refractivity contribution in [2.45, 2.75) is 82.3 Å². The van der Waals surface area contributed by atoms with Crippen LogP contribution in [0.4, 0.5) is 0 Å². The predicted molar refractivity (Wildman–Crippen MR) is 79.1 cm³/mol. The van der Waals surface area contributed by atoms with Gasteiger partial charge in [0.2, 0.25) is 0 Å². The largest absolute Gasteiger partial charge is 0.388 e. The fourth-order valence-corrected chi connectivity index (χ4v) is 3.28. The van der Waals surface area contributed by atoms with Gasteiger partial charge in [-0.25, -0.2) is 0 Å². The van der Waals surface area contributed by atoms with Crippen molar-refractivity contribution in [3.8, 4) is 0 Å². The third-order valence-corrected chi connectivity index (χ3v) is 4.54. The maximum Gasteiger partial charge on any atom is 0.188 e. The second-order valence-corrected chi connectivity index (χ2v) is 6.32. The molecule has 0 aliphatic heterocycles. The smallest absolute Gasteiger partial charge is 0.188 e. The van der Waals surface area contributed by atoms with E-state index in [4.69, 9.17) is 5.73 Å². The van der Waals surface area contributed by atoms with Crippen molar-refractivity contribution in [2.24, 2.45) is 10.7 Å². The molecule has 19 heavy (non-hydrogen) atoms. The van der Waals surface area contributed by atoms with E-state index in [1.54, 1.807) is 0 Å². The third kappa shape index (κ3) is 5.01. The van der Waals surface area contributed by atoms with E-state index in [2.05, 4.69) is 10.3 Å². The molecule has 2 saturated carbocycles. The molecule has 4 nitrogen and oxygen atoms in total. The molecule has 0 atom stereocenters. The molecule has 4 N–H and O–H groups in total. The van der Waals surface area contributed by atoms with Crippen LogP contribution in [0.15, 0.2) is 4.99 Å². The summed E-state index contributed by atoms with van der Waals surface area (Å²) in [6.07, 6.45) is 12.7. The first-order chi connectivity index (χ1) is 9.18. The first-order valence-corrected chi connectivity index (χ1v) is 7.97. The first kappa shape index (κ1) is 14.6. The zero-order valence-corrected chi connectivity index (χ0v) is 12.0. The summed E-state index contributed by atoms with van der Waals surface area (Å²) in [6, 6.07) is 0.487. The highest BCUT2D eigenvalue weighted by atomic mass is 16.3. The van der Waals surface area contributed by atoms with Gasteiger partial charge >= 0.3 is 0 Å². The molecule has 0 heterocycles. The van der Waals surface area contributed by atoms with Crippen LogP contribution in [0.25, 0.3) is 0 Å². The number of hydrogen-bond donors (Lipinski definition) is 3. The Morgan fingerprint density at radius 1 is 1.05 bits per heavy atom. The monoisotopic (exact) mass is 267 g/mol. The van der Waals surface area contributed by atoms with Gasteiger partial charge in [0.15, 0.2) is 5.96 Å². The van der Waals surface area contributed by atoms with Gasteiger partial charge < -0.3 is 16.2 Å². The maximum atomic E-state index is 10.5. The molecule has 4 heteroatoms. The number of nitrogens with two attached hydrogens (primary N) is 1. The SMILES string of the molecule is NC(=NCC1(O)CCCCCC1)NC1CCCCC1. The van der Waals surface area contributed by atoms with Crippen LogP contribution >= 0.6 is 0 Å². The Kier molecular flexibility index (Phi) is 5.49. The van der Waals surface area contributed by atoms with Crippen LogP contribution in [0.3, 0.4) is 0 Å². The van der Waals surface area contributed by atoms with Crippen LogP contribution in [-0.2, 0) is 0 Å². The number of hydrogen-bond acceptors (Lipinski definition) is 2. The van der Waals surface area contributed by atoms with Gasteiger partial charge in [-0.3, -0.25) is 4.99 Å². The van der Waals surface area contributed by atoms with Gasteiger partial charge in [-0.15, -0.1) is 0 Å². The summed E-state index contributed by atoms with van der Waals surface area (Å²) in [5.41, 5.74) is 5.33. The Morgan fingerprint density at radius 3 is 2.26 bits per heavy atom. The van der Waals surface area contributed by atoms with E-state index < -0.39 is 5.60 Å². The van der Waals surface area contributed by atoms with Crippen molar-refractivity contribution in [2.75, 3.05) is 6.54 Å². The van der Waals surface area contributed by atoms with Crippen molar-refractivity contribution in [3.05, 3.63) is 0 Å². The Hall–Kier alpha value is -0.770. The quantitative estimate of drug-likeness (QED) is 0.417. The number of rotatable bonds is 3. The molecule has 0 aromatic rings. The molecule has 0 unspecified atom stereocenters. The molecule has 0 aromatic heterocycles. The predicted octanol–water partition coefficient (Wildman–Crippen LogP) is 2.31. The minimum Gasteiger partial charge on any atom is -0.388 e. The van der Waals surface area contributed by atoms with Gasteiger partial charge in [-0.1, -0.05) is 44.9 Å². The fraction of sp³-hybridized carbons (Fsp3) is 0.933. The van der Waals surface area contributed by atoms with E-state index in [1.165, 1.54) is 44.9 Å². The van der Waals surface area contributed by atoms with Crippen molar-refractivity contribution in [1.29, 1.82) is 0 Å². The van der Waals surface area contributed by atoms with E-state index >= 15 is 0 Å². The normalized spacial score (nSPS) is 25.8. The van der Waals surface area contributed by atoms with Crippen LogP contribution in [-0.4, -0.2) is 29.3 Å². The molecule has 0 spiro atoms. The average molecular weight is 267 g/mol. The zero-order valence-electron chi connectivity index (χ0n) is 12.0. The Bertz CT molecular complexity index is 290. The highest BCUT2D eigenvalue weighted by Gasteiger charge is 2.27. The second-order valence-electron chi connectivity index (χ2n) is 6.32. The molecule has 2 fully saturated rings. The van der Waals surface area contributed by atoms with Gasteiger partial charge in [0.05, 0.1) is 12.1 Å². The first-order valence-electron chi connectivity index (χ1n) is 7.97. The number of nitrogens with zero attached hydrogens (tertiary/aromatic N) is 1. The average Bonchev–Trinajstić information content (AvgIpc) is 2.63. The summed E-state index contributed by atoms with van der Waals surface area (Å²) >= 11 is 0. The van der Waals surface area contributed by atoms with E-state index in [9.17, 15) is 5.11 Å². The lowest BCUT2D eigenvalue weighted by Gasteiger charge is -2.26. The second kappa shape index (κ2) is 7.13. The Labute approximate surface area is 116 Å². The van der Waals surface area contributed by atoms with Gasteiger partial charge in [-0.2, -0.15) is 0 Å². The topological polar surface area (TPSA) is 70.6 Å². The number of nitrogens with one attached hydrogen (secondary N) is 1. The standard InChI is InChI=1S/C15H29N3O/c16-14(18-13-8-4-3-5-9-13)17-12-15(19)10-6-1-2-7-11-15/h13,19H,1-12H2,(H3,16,17,18). The van der Waals surface area contributed by atoms with Gasteiger partial charge in [-0.05, 0) is 25.7 Å². The van der Waals surface area contributed by atoms with Crippen LogP contribution in [0, 0.1) is 0 Å². The molecular weight excluding hydrogens is 238 g/mol. The summed E-state index contributed by atoms with van der Waals surface area (Å²) in [6.45, 7) is 0.457. The van der Waals surface area contributed by atoms with Gasteiger partial charge in [0.25, 0.3) is 0 Å². The van der Waals surface area contributed by atoms with Crippen molar-refractivity contribution >= 4 is 5.96 Å². The van der Waals surface area contributed by atoms with Crippen molar-refractivity contribution in [1.82, 2.24) is 5.32 Å². The molecule has 0 aromatic carbocycles. The Morgan fingerprint density at radius 2 is 1.63 bits per heavy atom. The van der Waals surface area contributed by atoms with E-state index in [1.807, 2.05) is 0 Å². The van der Waals surface area contributed by atoms with Gasteiger partial charge in [0, 0.05) is 6.04 Å². The van der Waals surface area contributed by atoms with Crippen LogP contribution in [0.1, 0.15) is 70.6 Å². The van der Waals surface area contributed by atoms with Crippen LogP contribution in [0.5, 0.6) is 0 Å². The third-order valence-electron chi connectivity index (χ3n) is 4.54. The molecule has 0 amide bonds. The molecule has 0 bridgehead atoms. The van der Waals surface area contributed by atoms with Crippen molar-refractivity contribution < 1.29 is 5.11 Å². The molecular formula is C15H29N3O. The summed E-state index contributed by atoms with van der Waals surface area (Å²) in [5, 5.41) is 13.8. The molecule has 2 aliphatic rings. The fourth-order valence-electron chi connectivity index (χ4n) is 3.28. The summed E-state index contributed by atoms with van der Waals surface area (Å²) in [7, 11) is 0. The molecule has 2 rings (SSSR count). The van der Waals surface area contributed by atoms with E-state index in [-0.39, 0.29) is 0 Å². The highest BCUT2D eigenvalue weighted by Crippen LogP contribution is 2.27. The van der Waals surface area contributed by atoms with Crippen LogP contribution < -0.4 is 11.1 Å². The molecule has 110 valence electrons. The summed E-state index contributed by atoms with van der Waals surface area (Å²) in [5.74, 6) is 0.518. The lowest BCUT2D eigenvalue weighted by molar-refractivity contribution is 0.0343. The lowest BCUT2D eigenvalue weighted by atomic mass is 9.95. The lowest BCUT2D eigenvalue weighted by Crippen LogP contribution is -2.42.